The van der Waals surface area contributed by atoms with Gasteiger partial charge in [-0.2, -0.15) is 0 Å². The highest BCUT2D eigenvalue weighted by atomic mass is 28.3. The van der Waals surface area contributed by atoms with E-state index in [4.69, 9.17) is 5.73 Å². The number of hydrogen-bond donors (Lipinski definition) is 1. The van der Waals surface area contributed by atoms with E-state index < -0.39 is 8.68 Å². The van der Waals surface area contributed by atoms with Gasteiger partial charge in [-0.05, 0) is 23.4 Å². The predicted octanol–water partition coefficient (Wildman–Crippen LogP) is 1.31. The minimum atomic E-state index is -1.54. The Kier molecular flexibility index (Phi) is 3.16. The van der Waals surface area contributed by atoms with Gasteiger partial charge >= 0.3 is 8.68 Å². The summed E-state index contributed by atoms with van der Waals surface area (Å²) in [5, 5.41) is 0.941. The lowest BCUT2D eigenvalue weighted by atomic mass is 10.3. The number of benzene rings is 1. The molecule has 0 radical (unpaired) electrons. The van der Waals surface area contributed by atoms with Crippen molar-refractivity contribution in [2.45, 2.75) is 19.4 Å². The second kappa shape index (κ2) is 4.16. The smallest absolute Gasteiger partial charge is 0.311 e. The topological polar surface area (TPSA) is 43.1 Å². The SMILES string of the molecule is CCC[Si](=O)c1ccc(N)cc1. The summed E-state index contributed by atoms with van der Waals surface area (Å²) in [7, 11) is -1.54. The summed E-state index contributed by atoms with van der Waals surface area (Å²) < 4.78 is 11.5. The van der Waals surface area contributed by atoms with Crippen molar-refractivity contribution in [2.24, 2.45) is 0 Å². The Bertz CT molecular complexity index is 268. The van der Waals surface area contributed by atoms with Gasteiger partial charge in [0.15, 0.2) is 0 Å². The van der Waals surface area contributed by atoms with Crippen LogP contribution in [0, 0.1) is 0 Å². The molecule has 0 heterocycles. The van der Waals surface area contributed by atoms with Crippen LogP contribution in [0.1, 0.15) is 13.3 Å². The molecule has 0 amide bonds. The molecule has 12 heavy (non-hydrogen) atoms. The van der Waals surface area contributed by atoms with Gasteiger partial charge in [-0.15, -0.1) is 0 Å². The fourth-order valence-corrected chi connectivity index (χ4v) is 2.32. The Hall–Kier alpha value is -0.963. The fraction of sp³-hybridized carbons (Fsp3) is 0.333. The number of hydrogen-bond acceptors (Lipinski definition) is 2. The Morgan fingerprint density at radius 2 is 1.92 bits per heavy atom. The van der Waals surface area contributed by atoms with Gasteiger partial charge in [0, 0.05) is 5.69 Å². The van der Waals surface area contributed by atoms with Gasteiger partial charge in [0.2, 0.25) is 0 Å². The Labute approximate surface area is 74.1 Å². The molecule has 0 saturated carbocycles. The van der Waals surface area contributed by atoms with Gasteiger partial charge in [-0.3, -0.25) is 0 Å². The van der Waals surface area contributed by atoms with Crippen molar-refractivity contribution in [2.75, 3.05) is 5.73 Å². The van der Waals surface area contributed by atoms with Crippen molar-refractivity contribution in [3.63, 3.8) is 0 Å². The van der Waals surface area contributed by atoms with Crippen molar-refractivity contribution >= 4 is 19.6 Å². The molecule has 0 saturated heterocycles. The quantitative estimate of drug-likeness (QED) is 0.561. The molecule has 3 heteroatoms. The summed E-state index contributed by atoms with van der Waals surface area (Å²) in [6.07, 6.45) is 0.974. The van der Waals surface area contributed by atoms with Gasteiger partial charge < -0.3 is 10.2 Å². The van der Waals surface area contributed by atoms with Crippen LogP contribution in [0.25, 0.3) is 0 Å². The number of nitrogens with two attached hydrogens (primary N) is 1. The second-order valence-corrected chi connectivity index (χ2v) is 4.72. The Morgan fingerprint density at radius 1 is 1.33 bits per heavy atom. The largest absolute Gasteiger partial charge is 0.399 e. The summed E-state index contributed by atoms with van der Waals surface area (Å²) in [6, 6.07) is 8.11. The molecule has 2 nitrogen and oxygen atoms in total. The molecule has 64 valence electrons. The highest BCUT2D eigenvalue weighted by Gasteiger charge is 2.05. The molecule has 1 rings (SSSR count). The molecule has 0 aliphatic heterocycles. The van der Waals surface area contributed by atoms with Crippen molar-refractivity contribution in [1.29, 1.82) is 0 Å². The highest BCUT2D eigenvalue weighted by Crippen LogP contribution is 1.98. The minimum absolute atomic E-state index is 0.727. The Morgan fingerprint density at radius 3 is 2.42 bits per heavy atom. The first-order chi connectivity index (χ1) is 5.74. The maximum absolute atomic E-state index is 11.5. The minimum Gasteiger partial charge on any atom is -0.399 e. The molecule has 0 bridgehead atoms. The van der Waals surface area contributed by atoms with E-state index >= 15 is 0 Å². The average molecular weight is 179 g/mol. The molecule has 0 unspecified atom stereocenters. The first-order valence-electron chi connectivity index (χ1n) is 4.12. The molecule has 0 aliphatic rings. The van der Waals surface area contributed by atoms with Gasteiger partial charge in [-0.1, -0.05) is 25.5 Å². The first kappa shape index (κ1) is 9.13. The zero-order valence-corrected chi connectivity index (χ0v) is 8.21. The van der Waals surface area contributed by atoms with Crippen molar-refractivity contribution in [3.8, 4) is 0 Å². The van der Waals surface area contributed by atoms with Gasteiger partial charge in [0.05, 0.1) is 0 Å². The second-order valence-electron chi connectivity index (χ2n) is 2.80. The predicted molar refractivity (Wildman–Crippen MR) is 52.0 cm³/mol. The third kappa shape index (κ3) is 2.27. The van der Waals surface area contributed by atoms with Crippen LogP contribution in [0.3, 0.4) is 0 Å². The first-order valence-corrected chi connectivity index (χ1v) is 5.74. The normalized spacial score (nSPS) is 9.75. The van der Waals surface area contributed by atoms with E-state index in [0.29, 0.717) is 0 Å². The fourth-order valence-electron chi connectivity index (χ4n) is 1.04. The molecule has 0 atom stereocenters. The lowest BCUT2D eigenvalue weighted by Gasteiger charge is -1.97. The molecule has 0 spiro atoms. The molecular weight excluding hydrogens is 166 g/mol. The van der Waals surface area contributed by atoms with E-state index in [1.54, 1.807) is 12.1 Å². The lowest BCUT2D eigenvalue weighted by Crippen LogP contribution is -2.19. The molecule has 0 aromatic heterocycles. The van der Waals surface area contributed by atoms with Crippen LogP contribution in [0.2, 0.25) is 6.04 Å². The average Bonchev–Trinajstić information content (AvgIpc) is 2.06. The number of rotatable bonds is 3. The van der Waals surface area contributed by atoms with Crippen LogP contribution in [-0.4, -0.2) is 8.68 Å². The summed E-state index contributed by atoms with van der Waals surface area (Å²) in [5.41, 5.74) is 6.24. The molecule has 1 aromatic carbocycles. The summed E-state index contributed by atoms with van der Waals surface area (Å²) in [6.45, 7) is 2.04. The standard InChI is InChI=1S/C9H13NOSi/c1-2-7-12(11)9-5-3-8(10)4-6-9/h3-6H,2,7,10H2,1H3. The molecular formula is C9H13NOSi. The van der Waals surface area contributed by atoms with Crippen LogP contribution in [0.4, 0.5) is 5.69 Å². The van der Waals surface area contributed by atoms with Gasteiger partial charge in [0.1, 0.15) is 0 Å². The van der Waals surface area contributed by atoms with Gasteiger partial charge in [-0.25, -0.2) is 0 Å². The number of nitrogen functional groups attached to an aromatic ring is 1. The van der Waals surface area contributed by atoms with E-state index in [9.17, 15) is 4.46 Å². The van der Waals surface area contributed by atoms with Crippen LogP contribution >= 0.6 is 0 Å². The van der Waals surface area contributed by atoms with E-state index in [-0.39, 0.29) is 0 Å². The summed E-state index contributed by atoms with van der Waals surface area (Å²) in [4.78, 5) is 0. The van der Waals surface area contributed by atoms with Crippen LogP contribution in [0.5, 0.6) is 0 Å². The monoisotopic (exact) mass is 179 g/mol. The van der Waals surface area contributed by atoms with Crippen molar-refractivity contribution in [1.82, 2.24) is 0 Å². The molecule has 0 fully saturated rings. The van der Waals surface area contributed by atoms with E-state index in [0.717, 1.165) is 23.3 Å². The zero-order valence-electron chi connectivity index (χ0n) is 7.21. The van der Waals surface area contributed by atoms with E-state index in [1.165, 1.54) is 0 Å². The van der Waals surface area contributed by atoms with Crippen molar-refractivity contribution < 1.29 is 4.46 Å². The Balaban J connectivity index is 2.75. The van der Waals surface area contributed by atoms with Gasteiger partial charge in [0.25, 0.3) is 0 Å². The lowest BCUT2D eigenvalue weighted by molar-refractivity contribution is 0.566. The third-order valence-electron chi connectivity index (χ3n) is 1.71. The zero-order chi connectivity index (χ0) is 8.97. The van der Waals surface area contributed by atoms with Crippen molar-refractivity contribution in [3.05, 3.63) is 24.3 Å². The molecule has 2 N–H and O–H groups in total. The third-order valence-corrected chi connectivity index (χ3v) is 3.64. The maximum atomic E-state index is 11.5. The summed E-state index contributed by atoms with van der Waals surface area (Å²) >= 11 is 0. The molecule has 0 aliphatic carbocycles. The van der Waals surface area contributed by atoms with Crippen LogP contribution < -0.4 is 10.9 Å². The van der Waals surface area contributed by atoms with Crippen LogP contribution in [0.15, 0.2) is 24.3 Å². The summed E-state index contributed by atoms with van der Waals surface area (Å²) in [5.74, 6) is 0. The molecule has 1 aromatic rings. The van der Waals surface area contributed by atoms with E-state index in [1.807, 2.05) is 19.1 Å². The van der Waals surface area contributed by atoms with E-state index in [2.05, 4.69) is 0 Å². The highest BCUT2D eigenvalue weighted by molar-refractivity contribution is 6.59. The van der Waals surface area contributed by atoms with Crippen LogP contribution in [-0.2, 0) is 4.46 Å². The number of anilines is 1. The maximum Gasteiger partial charge on any atom is 0.311 e.